The Morgan fingerprint density at radius 1 is 1.17 bits per heavy atom. The van der Waals surface area contributed by atoms with Crippen molar-refractivity contribution in [3.05, 3.63) is 59.9 Å². The van der Waals surface area contributed by atoms with Crippen molar-refractivity contribution in [2.75, 3.05) is 13.7 Å². The highest BCUT2D eigenvalue weighted by atomic mass is 19.3. The summed E-state index contributed by atoms with van der Waals surface area (Å²) >= 11 is 0. The number of ether oxygens (including phenoxy) is 2. The summed E-state index contributed by atoms with van der Waals surface area (Å²) in [5.74, 6) is 1.24. The topological polar surface area (TPSA) is 72.2 Å². The second-order valence-electron chi connectivity index (χ2n) is 7.38. The number of rotatable bonds is 8. The monoisotopic (exact) mass is 418 g/mol. The zero-order chi connectivity index (χ0) is 21.9. The zero-order valence-corrected chi connectivity index (χ0v) is 17.0. The van der Waals surface area contributed by atoms with Crippen LogP contribution in [0.2, 0.25) is 0 Å². The number of benzene rings is 1. The molecule has 1 atom stereocenters. The van der Waals surface area contributed by atoms with E-state index in [9.17, 15) is 18.7 Å². The molecule has 2 heterocycles. The van der Waals surface area contributed by atoms with Crippen molar-refractivity contribution in [1.29, 1.82) is 0 Å². The van der Waals surface area contributed by atoms with Crippen LogP contribution >= 0.6 is 0 Å². The highest BCUT2D eigenvalue weighted by Gasteiger charge is 2.31. The summed E-state index contributed by atoms with van der Waals surface area (Å²) in [6.45, 7) is 2.55. The normalized spacial score (nSPS) is 13.3. The van der Waals surface area contributed by atoms with Crippen LogP contribution in [0.3, 0.4) is 0 Å². The van der Waals surface area contributed by atoms with Crippen molar-refractivity contribution in [3.63, 3.8) is 0 Å². The van der Waals surface area contributed by atoms with E-state index in [4.69, 9.17) is 9.47 Å². The van der Waals surface area contributed by atoms with Gasteiger partial charge in [0, 0.05) is 11.9 Å². The maximum absolute atomic E-state index is 12.9. The predicted molar refractivity (Wildman–Crippen MR) is 109 cm³/mol. The van der Waals surface area contributed by atoms with Crippen molar-refractivity contribution in [2.24, 2.45) is 0 Å². The number of hydrogen-bond acceptors (Lipinski definition) is 4. The van der Waals surface area contributed by atoms with Gasteiger partial charge in [-0.3, -0.25) is 4.79 Å². The summed E-state index contributed by atoms with van der Waals surface area (Å²) < 4.78 is 38.3. The van der Waals surface area contributed by atoms with Gasteiger partial charge in [-0.2, -0.15) is 0 Å². The van der Waals surface area contributed by atoms with Gasteiger partial charge in [0.1, 0.15) is 22.9 Å². The third-order valence-corrected chi connectivity index (χ3v) is 4.81. The SMILES string of the molecule is COc1ccc(Oc2ccc3cc(C)c(C(=O)NC(C)(CO)CC(F)F)n3c2)cc1. The largest absolute Gasteiger partial charge is 0.497 e. The Bertz CT molecular complexity index is 1030. The van der Waals surface area contributed by atoms with E-state index in [0.29, 0.717) is 28.5 Å². The van der Waals surface area contributed by atoms with Crippen molar-refractivity contribution in [3.8, 4) is 17.2 Å². The number of alkyl halides is 2. The summed E-state index contributed by atoms with van der Waals surface area (Å²) in [5.41, 5.74) is 0.281. The van der Waals surface area contributed by atoms with Gasteiger partial charge < -0.3 is 24.3 Å². The smallest absolute Gasteiger partial charge is 0.269 e. The van der Waals surface area contributed by atoms with Crippen LogP contribution in [0.15, 0.2) is 48.7 Å². The number of aryl methyl sites for hydroxylation is 1. The van der Waals surface area contributed by atoms with E-state index in [0.717, 1.165) is 5.52 Å². The van der Waals surface area contributed by atoms with E-state index in [1.165, 1.54) is 6.92 Å². The Hall–Kier alpha value is -3.13. The highest BCUT2D eigenvalue weighted by Crippen LogP contribution is 2.27. The number of carbonyl (C=O) groups excluding carboxylic acids is 1. The molecular weight excluding hydrogens is 394 g/mol. The molecule has 1 amide bonds. The van der Waals surface area contributed by atoms with E-state index >= 15 is 0 Å². The molecule has 0 saturated heterocycles. The minimum atomic E-state index is -2.66. The van der Waals surface area contributed by atoms with Crippen molar-refractivity contribution in [1.82, 2.24) is 9.72 Å². The molecule has 0 aliphatic heterocycles. The van der Waals surface area contributed by atoms with E-state index < -0.39 is 30.9 Å². The van der Waals surface area contributed by atoms with Crippen molar-refractivity contribution >= 4 is 11.4 Å². The van der Waals surface area contributed by atoms with Crippen LogP contribution in [0.1, 0.15) is 29.4 Å². The number of nitrogens with zero attached hydrogens (tertiary/aromatic N) is 1. The molecule has 1 aromatic carbocycles. The fraction of sp³-hybridized carbons (Fsp3) is 0.318. The summed E-state index contributed by atoms with van der Waals surface area (Å²) in [6, 6.07) is 12.4. The lowest BCUT2D eigenvalue weighted by Crippen LogP contribution is -2.50. The number of fused-ring (bicyclic) bond motifs is 1. The zero-order valence-electron chi connectivity index (χ0n) is 17.0. The minimum absolute atomic E-state index is 0.291. The number of halogens is 2. The van der Waals surface area contributed by atoms with Gasteiger partial charge in [-0.05, 0) is 61.9 Å². The summed E-state index contributed by atoms with van der Waals surface area (Å²) in [6.07, 6.45) is -1.65. The van der Waals surface area contributed by atoms with Crippen LogP contribution < -0.4 is 14.8 Å². The van der Waals surface area contributed by atoms with Gasteiger partial charge in [0.25, 0.3) is 5.91 Å². The van der Waals surface area contributed by atoms with Crippen molar-refractivity contribution in [2.45, 2.75) is 32.2 Å². The lowest BCUT2D eigenvalue weighted by atomic mass is 9.99. The van der Waals surface area contributed by atoms with Gasteiger partial charge in [0.15, 0.2) is 0 Å². The Labute approximate surface area is 173 Å². The molecule has 3 rings (SSSR count). The summed E-state index contributed by atoms with van der Waals surface area (Å²) in [4.78, 5) is 12.9. The molecule has 30 heavy (non-hydrogen) atoms. The molecule has 0 aliphatic rings. The van der Waals surface area contributed by atoms with E-state index in [1.54, 1.807) is 61.0 Å². The third-order valence-electron chi connectivity index (χ3n) is 4.81. The van der Waals surface area contributed by atoms with Crippen LogP contribution in [0.4, 0.5) is 8.78 Å². The second-order valence-corrected chi connectivity index (χ2v) is 7.38. The second kappa shape index (κ2) is 8.71. The standard InChI is InChI=1S/C22H24F2N2O4/c1-14-10-15-4-5-18(30-17-8-6-16(29-3)7-9-17)12-26(15)20(14)21(28)25-22(2,13-27)11-19(23)24/h4-10,12,19,27H,11,13H2,1-3H3,(H,25,28). The maximum Gasteiger partial charge on any atom is 0.269 e. The van der Waals surface area contributed by atoms with Crippen LogP contribution in [-0.4, -0.2) is 41.1 Å². The molecule has 8 heteroatoms. The van der Waals surface area contributed by atoms with Gasteiger partial charge in [0.2, 0.25) is 6.43 Å². The van der Waals surface area contributed by atoms with Gasteiger partial charge in [-0.1, -0.05) is 0 Å². The number of nitrogens with one attached hydrogen (secondary N) is 1. The number of methoxy groups -OCH3 is 1. The molecule has 160 valence electrons. The minimum Gasteiger partial charge on any atom is -0.497 e. The molecule has 0 bridgehead atoms. The highest BCUT2D eigenvalue weighted by molar-refractivity contribution is 5.96. The molecule has 1 unspecified atom stereocenters. The average Bonchev–Trinajstić information content (AvgIpc) is 3.03. The lowest BCUT2D eigenvalue weighted by molar-refractivity contribution is 0.0582. The lowest BCUT2D eigenvalue weighted by Gasteiger charge is -2.28. The van der Waals surface area contributed by atoms with Crippen LogP contribution in [0.5, 0.6) is 17.2 Å². The number of amides is 1. The number of aliphatic hydroxyl groups is 1. The van der Waals surface area contributed by atoms with Gasteiger partial charge in [-0.15, -0.1) is 0 Å². The molecule has 0 aliphatic carbocycles. The first-order valence-corrected chi connectivity index (χ1v) is 9.40. The molecule has 0 fully saturated rings. The predicted octanol–water partition coefficient (Wildman–Crippen LogP) is 4.18. The fourth-order valence-corrected chi connectivity index (χ4v) is 3.24. The number of hydrogen-bond donors (Lipinski definition) is 2. The first-order chi connectivity index (χ1) is 14.2. The molecule has 3 aromatic rings. The van der Waals surface area contributed by atoms with Crippen molar-refractivity contribution < 1.29 is 28.2 Å². The summed E-state index contributed by atoms with van der Waals surface area (Å²) in [5, 5.41) is 12.1. The van der Waals surface area contributed by atoms with E-state index in [2.05, 4.69) is 5.32 Å². The van der Waals surface area contributed by atoms with Crippen LogP contribution in [0.25, 0.3) is 5.52 Å². The van der Waals surface area contributed by atoms with Crippen LogP contribution in [-0.2, 0) is 0 Å². The molecular formula is C22H24F2N2O4. The first-order valence-electron chi connectivity index (χ1n) is 9.40. The number of carbonyl (C=O) groups is 1. The number of pyridine rings is 1. The Morgan fingerprint density at radius 3 is 2.40 bits per heavy atom. The maximum atomic E-state index is 12.9. The third kappa shape index (κ3) is 4.71. The molecule has 0 radical (unpaired) electrons. The summed E-state index contributed by atoms with van der Waals surface area (Å²) in [7, 11) is 1.58. The molecule has 0 spiro atoms. The Kier molecular flexibility index (Phi) is 6.26. The quantitative estimate of drug-likeness (QED) is 0.576. The van der Waals surface area contributed by atoms with Gasteiger partial charge in [0.05, 0.1) is 25.5 Å². The molecule has 2 aromatic heterocycles. The Balaban J connectivity index is 1.90. The van der Waals surface area contributed by atoms with Gasteiger partial charge in [-0.25, -0.2) is 8.78 Å². The Morgan fingerprint density at radius 2 is 1.80 bits per heavy atom. The molecule has 0 saturated carbocycles. The van der Waals surface area contributed by atoms with Crippen LogP contribution in [0, 0.1) is 6.92 Å². The fourth-order valence-electron chi connectivity index (χ4n) is 3.24. The van der Waals surface area contributed by atoms with E-state index in [-0.39, 0.29) is 0 Å². The molecule has 2 N–H and O–H groups in total. The van der Waals surface area contributed by atoms with Gasteiger partial charge >= 0.3 is 0 Å². The first kappa shape index (κ1) is 21.6. The van der Waals surface area contributed by atoms with E-state index in [1.807, 2.05) is 6.07 Å². The molecule has 6 nitrogen and oxygen atoms in total. The average molecular weight is 418 g/mol. The number of aliphatic hydroxyl groups excluding tert-OH is 1. The number of aromatic nitrogens is 1.